The third kappa shape index (κ3) is 4.92. The molecule has 0 unspecified atom stereocenters. The summed E-state index contributed by atoms with van der Waals surface area (Å²) >= 11 is 1.72. The minimum absolute atomic E-state index is 0.502. The molecule has 0 amide bonds. The first-order valence-electron chi connectivity index (χ1n) is 6.85. The highest BCUT2D eigenvalue weighted by Gasteiger charge is 2.06. The molecule has 2 rings (SSSR count). The second-order valence-electron chi connectivity index (χ2n) is 4.97. The van der Waals surface area contributed by atoms with Gasteiger partial charge in [-0.25, -0.2) is 0 Å². The molecule has 0 saturated heterocycles. The molecule has 0 atom stereocenters. The van der Waals surface area contributed by atoms with Crippen molar-refractivity contribution in [3.63, 3.8) is 0 Å². The maximum Gasteiger partial charge on any atom is 0.161 e. The average molecular weight is 303 g/mol. The lowest BCUT2D eigenvalue weighted by molar-refractivity contribution is 0.319. The number of hydrogen-bond donors (Lipinski definition) is 1. The highest BCUT2D eigenvalue weighted by molar-refractivity contribution is 7.07. The Balaban J connectivity index is 1.95. The summed E-state index contributed by atoms with van der Waals surface area (Å²) < 4.78 is 11.1. The molecule has 0 fully saturated rings. The fourth-order valence-corrected chi connectivity index (χ4v) is 2.56. The van der Waals surface area contributed by atoms with Crippen molar-refractivity contribution in [1.82, 2.24) is 5.32 Å². The van der Waals surface area contributed by atoms with Crippen molar-refractivity contribution in [2.75, 3.05) is 13.7 Å². The van der Waals surface area contributed by atoms with Gasteiger partial charge in [0.1, 0.15) is 6.61 Å². The Morgan fingerprint density at radius 1 is 1.19 bits per heavy atom. The standard InChI is InChI=1S/C17H21NO2S/c1-13(2)11-20-17-8-14(4-5-16(17)19-3)9-18-10-15-6-7-21-12-15/h4-8,12,18H,1,9-11H2,2-3H3. The zero-order valence-electron chi connectivity index (χ0n) is 12.5. The average Bonchev–Trinajstić information content (AvgIpc) is 2.98. The summed E-state index contributed by atoms with van der Waals surface area (Å²) in [6, 6.07) is 8.14. The third-order valence-electron chi connectivity index (χ3n) is 2.94. The van der Waals surface area contributed by atoms with E-state index in [9.17, 15) is 0 Å². The van der Waals surface area contributed by atoms with Gasteiger partial charge in [0.2, 0.25) is 0 Å². The molecule has 1 aromatic carbocycles. The zero-order valence-corrected chi connectivity index (χ0v) is 13.3. The predicted molar refractivity (Wildman–Crippen MR) is 88.2 cm³/mol. The lowest BCUT2D eigenvalue weighted by Crippen LogP contribution is -2.12. The molecule has 0 aliphatic carbocycles. The van der Waals surface area contributed by atoms with Crippen LogP contribution in [-0.4, -0.2) is 13.7 Å². The second-order valence-corrected chi connectivity index (χ2v) is 5.75. The number of methoxy groups -OCH3 is 1. The van der Waals surface area contributed by atoms with Gasteiger partial charge in [-0.3, -0.25) is 0 Å². The zero-order chi connectivity index (χ0) is 15.1. The van der Waals surface area contributed by atoms with Crippen LogP contribution in [0.15, 0.2) is 47.2 Å². The molecular weight excluding hydrogens is 282 g/mol. The van der Waals surface area contributed by atoms with Gasteiger partial charge in [0.15, 0.2) is 11.5 Å². The maximum absolute atomic E-state index is 5.73. The normalized spacial score (nSPS) is 10.4. The molecule has 2 aromatic rings. The Morgan fingerprint density at radius 2 is 2.00 bits per heavy atom. The topological polar surface area (TPSA) is 30.5 Å². The first kappa shape index (κ1) is 15.6. The van der Waals surface area contributed by atoms with Crippen LogP contribution in [0.2, 0.25) is 0 Å². The largest absolute Gasteiger partial charge is 0.493 e. The highest BCUT2D eigenvalue weighted by Crippen LogP contribution is 2.28. The van der Waals surface area contributed by atoms with E-state index in [1.165, 1.54) is 11.1 Å². The Hall–Kier alpha value is -1.78. The minimum atomic E-state index is 0.502. The molecule has 0 radical (unpaired) electrons. The first-order valence-corrected chi connectivity index (χ1v) is 7.79. The summed E-state index contributed by atoms with van der Waals surface area (Å²) in [6.07, 6.45) is 0. The Labute approximate surface area is 130 Å². The number of nitrogens with one attached hydrogen (secondary N) is 1. The molecule has 0 saturated carbocycles. The fraction of sp³-hybridized carbons (Fsp3) is 0.294. The van der Waals surface area contributed by atoms with Gasteiger partial charge in [0, 0.05) is 13.1 Å². The van der Waals surface area contributed by atoms with Crippen molar-refractivity contribution >= 4 is 11.3 Å². The molecule has 0 aliphatic heterocycles. The summed E-state index contributed by atoms with van der Waals surface area (Å²) in [6.45, 7) is 7.96. The molecule has 1 aromatic heterocycles. The van der Waals surface area contributed by atoms with Crippen molar-refractivity contribution < 1.29 is 9.47 Å². The molecule has 3 nitrogen and oxygen atoms in total. The molecule has 21 heavy (non-hydrogen) atoms. The quantitative estimate of drug-likeness (QED) is 0.748. The summed E-state index contributed by atoms with van der Waals surface area (Å²) in [5.41, 5.74) is 3.47. The van der Waals surface area contributed by atoms with Crippen molar-refractivity contribution in [3.8, 4) is 11.5 Å². The Bertz CT molecular complexity index is 578. The fourth-order valence-electron chi connectivity index (χ4n) is 1.89. The van der Waals surface area contributed by atoms with E-state index < -0.39 is 0 Å². The Kier molecular flexibility index (Phi) is 5.84. The Morgan fingerprint density at radius 3 is 2.67 bits per heavy atom. The number of ether oxygens (including phenoxy) is 2. The van der Waals surface area contributed by atoms with Crippen molar-refractivity contribution in [1.29, 1.82) is 0 Å². The van der Waals surface area contributed by atoms with Crippen molar-refractivity contribution in [2.45, 2.75) is 20.0 Å². The van der Waals surface area contributed by atoms with Crippen LogP contribution in [0.3, 0.4) is 0 Å². The van der Waals surface area contributed by atoms with Crippen LogP contribution >= 0.6 is 11.3 Å². The lowest BCUT2D eigenvalue weighted by Gasteiger charge is -2.12. The summed E-state index contributed by atoms with van der Waals surface area (Å²) in [4.78, 5) is 0. The highest BCUT2D eigenvalue weighted by atomic mass is 32.1. The van der Waals surface area contributed by atoms with Crippen LogP contribution in [0, 0.1) is 0 Å². The van der Waals surface area contributed by atoms with Gasteiger partial charge in [-0.05, 0) is 52.6 Å². The number of hydrogen-bond acceptors (Lipinski definition) is 4. The van der Waals surface area contributed by atoms with E-state index >= 15 is 0 Å². The number of benzene rings is 1. The van der Waals surface area contributed by atoms with Gasteiger partial charge in [-0.2, -0.15) is 11.3 Å². The molecule has 0 aliphatic rings. The summed E-state index contributed by atoms with van der Waals surface area (Å²) in [7, 11) is 1.65. The van der Waals surface area contributed by atoms with E-state index in [1.54, 1.807) is 18.4 Å². The molecule has 4 heteroatoms. The van der Waals surface area contributed by atoms with E-state index in [1.807, 2.05) is 25.1 Å². The number of rotatable bonds is 8. The number of thiophene rings is 1. The van der Waals surface area contributed by atoms with Crippen molar-refractivity contribution in [2.24, 2.45) is 0 Å². The maximum atomic E-state index is 5.73. The lowest BCUT2D eigenvalue weighted by atomic mass is 10.2. The van der Waals surface area contributed by atoms with E-state index in [0.717, 1.165) is 30.2 Å². The van der Waals surface area contributed by atoms with Gasteiger partial charge in [0.05, 0.1) is 7.11 Å². The van der Waals surface area contributed by atoms with Gasteiger partial charge in [-0.1, -0.05) is 12.6 Å². The van der Waals surface area contributed by atoms with Gasteiger partial charge in [0.25, 0.3) is 0 Å². The van der Waals surface area contributed by atoms with Crippen LogP contribution in [0.5, 0.6) is 11.5 Å². The van der Waals surface area contributed by atoms with E-state index in [2.05, 4.69) is 28.7 Å². The first-order chi connectivity index (χ1) is 10.2. The molecule has 112 valence electrons. The molecule has 1 N–H and O–H groups in total. The monoisotopic (exact) mass is 303 g/mol. The molecule has 1 heterocycles. The second kappa shape index (κ2) is 7.86. The smallest absolute Gasteiger partial charge is 0.161 e. The third-order valence-corrected chi connectivity index (χ3v) is 3.67. The van der Waals surface area contributed by atoms with Crippen LogP contribution < -0.4 is 14.8 Å². The summed E-state index contributed by atoms with van der Waals surface area (Å²) in [5, 5.41) is 7.67. The van der Waals surface area contributed by atoms with E-state index in [-0.39, 0.29) is 0 Å². The van der Waals surface area contributed by atoms with Crippen LogP contribution in [0.1, 0.15) is 18.1 Å². The minimum Gasteiger partial charge on any atom is -0.493 e. The van der Waals surface area contributed by atoms with Crippen molar-refractivity contribution in [3.05, 3.63) is 58.3 Å². The van der Waals surface area contributed by atoms with Crippen LogP contribution in [-0.2, 0) is 13.1 Å². The molecular formula is C17H21NO2S. The van der Waals surface area contributed by atoms with Gasteiger partial charge < -0.3 is 14.8 Å². The van der Waals surface area contributed by atoms with Crippen LogP contribution in [0.4, 0.5) is 0 Å². The molecule has 0 spiro atoms. The van der Waals surface area contributed by atoms with E-state index in [4.69, 9.17) is 9.47 Å². The van der Waals surface area contributed by atoms with Gasteiger partial charge >= 0.3 is 0 Å². The SMILES string of the molecule is C=C(C)COc1cc(CNCc2ccsc2)ccc1OC. The predicted octanol–water partition coefficient (Wildman–Crippen LogP) is 4.00. The summed E-state index contributed by atoms with van der Waals surface area (Å²) in [5.74, 6) is 1.51. The molecule has 0 bridgehead atoms. The van der Waals surface area contributed by atoms with Crippen LogP contribution in [0.25, 0.3) is 0 Å². The van der Waals surface area contributed by atoms with Gasteiger partial charge in [-0.15, -0.1) is 0 Å². The van der Waals surface area contributed by atoms with E-state index in [0.29, 0.717) is 6.61 Å².